The first-order valence-electron chi connectivity index (χ1n) is 14.4. The second kappa shape index (κ2) is 8.47. The second-order valence-corrected chi connectivity index (χ2v) is 12.3. The van der Waals surface area contributed by atoms with Crippen molar-refractivity contribution in [3.63, 3.8) is 0 Å². The molecule has 0 unspecified atom stereocenters. The summed E-state index contributed by atoms with van der Waals surface area (Å²) in [7, 11) is 0. The summed E-state index contributed by atoms with van der Waals surface area (Å²) in [6.07, 6.45) is -0.0500. The number of aliphatic hydroxyl groups is 1. The Morgan fingerprint density at radius 3 is 2.05 bits per heavy atom. The molecule has 2 aliphatic carbocycles. The minimum Gasteiger partial charge on any atom is -0.506 e. The van der Waals surface area contributed by atoms with Gasteiger partial charge in [0.2, 0.25) is 0 Å². The number of rotatable bonds is 2. The summed E-state index contributed by atoms with van der Waals surface area (Å²) in [5.74, 6) is -1.52. The maximum atomic E-state index is 14.8. The number of fused-ring (bicyclic) bond motifs is 5. The number of Topliss-reactive ketones (excluding diaryl/α,β-unsaturated/α-hetero) is 3. The van der Waals surface area contributed by atoms with E-state index in [4.69, 9.17) is 16.6 Å². The fraction of sp³-hybridized carbons (Fsp3) is 0.167. The molecule has 0 saturated carbocycles. The standard InChI is InChI=1S/C36H23ClN2O4/c37-20-15-13-18(14-16-20)28-30-29(27-31(40)22-9-3-4-10-23(22)32(27)41)38-35-21-8-2-1-7-19(21)17-26(39(30)35)36(28)33(42)24-11-5-6-12-25(24)34(36)43/h1-16,26,28,30,35,40H,17H2/t26-,28-,30+,35-/m0/s1. The van der Waals surface area contributed by atoms with E-state index >= 15 is 0 Å². The summed E-state index contributed by atoms with van der Waals surface area (Å²) in [6, 6.07) is 28.1. The first kappa shape index (κ1) is 24.9. The van der Waals surface area contributed by atoms with Crippen molar-refractivity contribution in [2.45, 2.75) is 30.6 Å². The Bertz CT molecular complexity index is 1990. The SMILES string of the molecule is O=C1C(C2=N[C@@H]3c4ccccc4C[C@@H]4N3[C@@H]2[C@H](c2ccc(Cl)cc2)C42C(=O)c3ccccc3C2=O)=C(O)c2ccccc21. The molecule has 43 heavy (non-hydrogen) atoms. The van der Waals surface area contributed by atoms with E-state index < -0.39 is 29.6 Å². The van der Waals surface area contributed by atoms with Gasteiger partial charge in [-0.1, -0.05) is 96.5 Å². The molecule has 4 atom stereocenters. The van der Waals surface area contributed by atoms with Crippen LogP contribution in [-0.4, -0.2) is 45.2 Å². The van der Waals surface area contributed by atoms with Crippen LogP contribution in [-0.2, 0) is 6.42 Å². The Kier molecular flexibility index (Phi) is 4.90. The molecule has 7 heteroatoms. The molecule has 1 spiro atoms. The Balaban J connectivity index is 1.35. The van der Waals surface area contributed by atoms with Crippen molar-refractivity contribution in [2.24, 2.45) is 10.4 Å². The summed E-state index contributed by atoms with van der Waals surface area (Å²) >= 11 is 6.33. The molecule has 0 aromatic heterocycles. The molecule has 0 bridgehead atoms. The zero-order valence-corrected chi connectivity index (χ0v) is 23.5. The Morgan fingerprint density at radius 1 is 0.767 bits per heavy atom. The van der Waals surface area contributed by atoms with Gasteiger partial charge in [-0.15, -0.1) is 0 Å². The first-order valence-corrected chi connectivity index (χ1v) is 14.8. The predicted octanol–water partition coefficient (Wildman–Crippen LogP) is 6.42. The molecule has 5 aliphatic rings. The number of hydrogen-bond donors (Lipinski definition) is 1. The van der Waals surface area contributed by atoms with Crippen molar-refractivity contribution in [3.05, 3.63) is 147 Å². The van der Waals surface area contributed by atoms with Crippen molar-refractivity contribution in [3.8, 4) is 0 Å². The van der Waals surface area contributed by atoms with Gasteiger partial charge in [0, 0.05) is 39.2 Å². The molecule has 9 rings (SSSR count). The van der Waals surface area contributed by atoms with Gasteiger partial charge < -0.3 is 5.11 Å². The van der Waals surface area contributed by atoms with Crippen molar-refractivity contribution in [1.29, 1.82) is 0 Å². The number of benzene rings is 4. The van der Waals surface area contributed by atoms with Crippen LogP contribution in [0.3, 0.4) is 0 Å². The van der Waals surface area contributed by atoms with Crippen molar-refractivity contribution < 1.29 is 19.5 Å². The molecule has 1 saturated heterocycles. The van der Waals surface area contributed by atoms with Crippen LogP contribution in [0, 0.1) is 5.41 Å². The molecule has 3 aliphatic heterocycles. The van der Waals surface area contributed by atoms with Crippen LogP contribution in [0.1, 0.15) is 65.4 Å². The smallest absolute Gasteiger partial charge is 0.199 e. The topological polar surface area (TPSA) is 87.0 Å². The number of carbonyl (C=O) groups is 3. The summed E-state index contributed by atoms with van der Waals surface area (Å²) in [4.78, 5) is 51.0. The maximum Gasteiger partial charge on any atom is 0.199 e. The summed E-state index contributed by atoms with van der Waals surface area (Å²) in [5.41, 5.74) is 3.58. The zero-order chi connectivity index (χ0) is 29.2. The summed E-state index contributed by atoms with van der Waals surface area (Å²) in [6.45, 7) is 0. The summed E-state index contributed by atoms with van der Waals surface area (Å²) < 4.78 is 0. The van der Waals surface area contributed by atoms with Crippen LogP contribution in [0.5, 0.6) is 0 Å². The average Bonchev–Trinajstić information content (AvgIpc) is 3.70. The number of ketones is 3. The molecular formula is C36H23ClN2O4. The fourth-order valence-electron chi connectivity index (χ4n) is 8.47. The zero-order valence-electron chi connectivity index (χ0n) is 22.7. The molecule has 4 aromatic carbocycles. The van der Waals surface area contributed by atoms with E-state index in [2.05, 4.69) is 4.90 Å². The Morgan fingerprint density at radius 2 is 1.37 bits per heavy atom. The van der Waals surface area contributed by atoms with Crippen LogP contribution < -0.4 is 0 Å². The van der Waals surface area contributed by atoms with Gasteiger partial charge in [-0.25, -0.2) is 0 Å². The highest BCUT2D eigenvalue weighted by Gasteiger charge is 2.74. The number of nitrogens with zero attached hydrogens (tertiary/aromatic N) is 2. The number of aliphatic hydroxyl groups excluding tert-OH is 1. The van der Waals surface area contributed by atoms with Gasteiger partial charge in [0.05, 0.1) is 17.3 Å². The van der Waals surface area contributed by atoms with E-state index in [0.29, 0.717) is 39.4 Å². The second-order valence-electron chi connectivity index (χ2n) is 11.9. The highest BCUT2D eigenvalue weighted by molar-refractivity contribution is 6.38. The van der Waals surface area contributed by atoms with Gasteiger partial charge in [0.25, 0.3) is 0 Å². The van der Waals surface area contributed by atoms with Gasteiger partial charge in [0.15, 0.2) is 17.3 Å². The van der Waals surface area contributed by atoms with E-state index in [9.17, 15) is 19.5 Å². The van der Waals surface area contributed by atoms with E-state index in [0.717, 1.165) is 16.7 Å². The molecule has 208 valence electrons. The first-order chi connectivity index (χ1) is 20.9. The number of hydrogen-bond acceptors (Lipinski definition) is 6. The third kappa shape index (κ3) is 2.92. The van der Waals surface area contributed by atoms with Gasteiger partial charge in [0.1, 0.15) is 17.3 Å². The predicted molar refractivity (Wildman–Crippen MR) is 162 cm³/mol. The maximum absolute atomic E-state index is 14.8. The summed E-state index contributed by atoms with van der Waals surface area (Å²) in [5, 5.41) is 12.1. The minimum atomic E-state index is -1.46. The van der Waals surface area contributed by atoms with Crippen LogP contribution in [0.15, 0.2) is 108 Å². The lowest BCUT2D eigenvalue weighted by atomic mass is 9.63. The van der Waals surface area contributed by atoms with Crippen LogP contribution in [0.2, 0.25) is 5.02 Å². The van der Waals surface area contributed by atoms with Crippen LogP contribution in [0.25, 0.3) is 5.76 Å². The Labute approximate surface area is 252 Å². The van der Waals surface area contributed by atoms with Crippen LogP contribution >= 0.6 is 11.6 Å². The van der Waals surface area contributed by atoms with Crippen molar-refractivity contribution >= 4 is 40.4 Å². The molecular weight excluding hydrogens is 560 g/mol. The fourth-order valence-corrected chi connectivity index (χ4v) is 8.60. The quantitative estimate of drug-likeness (QED) is 0.276. The van der Waals surface area contributed by atoms with Crippen molar-refractivity contribution in [2.75, 3.05) is 0 Å². The lowest BCUT2D eigenvalue weighted by molar-refractivity contribution is 0.0544. The molecule has 0 amide bonds. The van der Waals surface area contributed by atoms with E-state index in [1.807, 2.05) is 36.4 Å². The molecule has 1 fully saturated rings. The minimum absolute atomic E-state index is 0.118. The monoisotopic (exact) mass is 582 g/mol. The number of carbonyl (C=O) groups excluding carboxylic acids is 3. The van der Waals surface area contributed by atoms with Gasteiger partial charge in [-0.05, 0) is 35.2 Å². The highest BCUT2D eigenvalue weighted by Crippen LogP contribution is 2.64. The third-order valence-electron chi connectivity index (χ3n) is 10.1. The molecule has 6 nitrogen and oxygen atoms in total. The molecule has 3 heterocycles. The van der Waals surface area contributed by atoms with E-state index in [1.165, 1.54) is 0 Å². The largest absolute Gasteiger partial charge is 0.506 e. The van der Waals surface area contributed by atoms with Crippen molar-refractivity contribution in [1.82, 2.24) is 4.90 Å². The average molecular weight is 583 g/mol. The molecule has 0 radical (unpaired) electrons. The van der Waals surface area contributed by atoms with E-state index in [-0.39, 0.29) is 28.7 Å². The highest BCUT2D eigenvalue weighted by atomic mass is 35.5. The molecule has 4 aromatic rings. The van der Waals surface area contributed by atoms with Gasteiger partial charge >= 0.3 is 0 Å². The van der Waals surface area contributed by atoms with Gasteiger partial charge in [-0.2, -0.15) is 0 Å². The lowest BCUT2D eigenvalue weighted by Gasteiger charge is -2.40. The lowest BCUT2D eigenvalue weighted by Crippen LogP contribution is -2.51. The molecule has 1 N–H and O–H groups in total. The van der Waals surface area contributed by atoms with E-state index in [1.54, 1.807) is 60.7 Å². The van der Waals surface area contributed by atoms with Gasteiger partial charge in [-0.3, -0.25) is 24.3 Å². The van der Waals surface area contributed by atoms with Crippen LogP contribution in [0.4, 0.5) is 0 Å². The number of aliphatic imine (C=N–C) groups is 1. The Hall–Kier alpha value is -4.65. The number of halogens is 1. The third-order valence-corrected chi connectivity index (χ3v) is 10.4. The normalized spacial score (nSPS) is 26.1.